The van der Waals surface area contributed by atoms with E-state index in [9.17, 15) is 0 Å². The van der Waals surface area contributed by atoms with Crippen molar-refractivity contribution in [3.05, 3.63) is 161 Å². The van der Waals surface area contributed by atoms with Crippen molar-refractivity contribution in [2.45, 2.75) is 223 Å². The van der Waals surface area contributed by atoms with Gasteiger partial charge >= 0.3 is 0 Å². The van der Waals surface area contributed by atoms with E-state index in [1.165, 1.54) is 77.3 Å². The van der Waals surface area contributed by atoms with E-state index in [-0.39, 0.29) is 0 Å². The normalized spacial score (nSPS) is 12.0. The van der Waals surface area contributed by atoms with E-state index in [4.69, 9.17) is 0 Å². The zero-order chi connectivity index (χ0) is 59.0. The molecule has 19 heteroatoms. The molecule has 0 aromatic carbocycles. The molecule has 438 valence electrons. The highest BCUT2D eigenvalue weighted by atomic mass is 32.1. The molecule has 0 fully saturated rings. The van der Waals surface area contributed by atoms with Gasteiger partial charge in [-0.05, 0) is 136 Å². The SMILES string of the molecule is CC(C)c1ccccn1.CC(C)c1ccn[nH]1.CC(C)c1cn[nH]c1.CC(C)c1cnc[nH]1.CC(C)c1cnn2c1CCC2.CC(C)c1cnn2c1CCCC2.CC(C)c1cscn1.CC(C)n1ccnn1.CC(C)n1nccn1. The summed E-state index contributed by atoms with van der Waals surface area (Å²) in [6.07, 6.45) is 28.3. The van der Waals surface area contributed by atoms with E-state index < -0.39 is 0 Å². The van der Waals surface area contributed by atoms with Gasteiger partial charge in [-0.1, -0.05) is 108 Å². The largest absolute Gasteiger partial charge is 0.348 e. The fraction of sp³-hybridized carbons (Fsp3) is 0.557. The lowest BCUT2D eigenvalue weighted by molar-refractivity contribution is 0.466. The second kappa shape index (κ2) is 37.1. The average Bonchev–Trinajstić information content (AvgIpc) is 4.28. The third-order valence-electron chi connectivity index (χ3n) is 12.7. The number of imidazole rings is 1. The first kappa shape index (κ1) is 67.4. The third-order valence-corrected chi connectivity index (χ3v) is 13.3. The second-order valence-electron chi connectivity index (χ2n) is 22.3. The quantitative estimate of drug-likeness (QED) is 0.124. The van der Waals surface area contributed by atoms with Gasteiger partial charge in [0.15, 0.2) is 0 Å². The molecule has 80 heavy (non-hydrogen) atoms. The number of H-pyrrole nitrogens is 3. The summed E-state index contributed by atoms with van der Waals surface area (Å²) in [5, 5.41) is 39.4. The zero-order valence-corrected chi connectivity index (χ0v) is 52.5. The molecule has 0 spiro atoms. The molecule has 0 unspecified atom stereocenters. The Kier molecular flexibility index (Phi) is 31.3. The molecule has 0 amide bonds. The summed E-state index contributed by atoms with van der Waals surface area (Å²) in [5.74, 6) is 4.12. The number of thiazole rings is 1. The summed E-state index contributed by atoms with van der Waals surface area (Å²) in [4.78, 5) is 16.9. The summed E-state index contributed by atoms with van der Waals surface area (Å²) in [6.45, 7) is 40.8. The Balaban J connectivity index is 0.000000237. The Bertz CT molecular complexity index is 2480. The van der Waals surface area contributed by atoms with Crippen molar-refractivity contribution >= 4 is 11.3 Å². The fourth-order valence-electron chi connectivity index (χ4n) is 7.65. The number of nitrogens with zero attached hydrogens (tertiary/aromatic N) is 15. The van der Waals surface area contributed by atoms with E-state index in [0.29, 0.717) is 53.5 Å². The van der Waals surface area contributed by atoms with Gasteiger partial charge in [0.05, 0.1) is 60.8 Å². The van der Waals surface area contributed by atoms with E-state index in [1.54, 1.807) is 51.9 Å². The van der Waals surface area contributed by atoms with Crippen molar-refractivity contribution in [2.75, 3.05) is 0 Å². The molecule has 3 N–H and O–H groups in total. The number of hydrogen-bond donors (Lipinski definition) is 3. The number of aryl methyl sites for hydroxylation is 2. The second-order valence-corrected chi connectivity index (χ2v) is 23.0. The van der Waals surface area contributed by atoms with Crippen molar-refractivity contribution in [3.8, 4) is 0 Å². The van der Waals surface area contributed by atoms with Crippen LogP contribution in [0.1, 0.15) is 248 Å². The van der Waals surface area contributed by atoms with Gasteiger partial charge in [0.25, 0.3) is 0 Å². The first-order valence-corrected chi connectivity index (χ1v) is 29.7. The fourth-order valence-corrected chi connectivity index (χ4v) is 8.37. The maximum Gasteiger partial charge on any atom is 0.0921 e. The topological polar surface area (TPSA) is 209 Å². The average molecular weight is 1120 g/mol. The molecule has 0 atom stereocenters. The third kappa shape index (κ3) is 25.1. The number of aromatic amines is 3. The van der Waals surface area contributed by atoms with Crippen LogP contribution in [0.25, 0.3) is 0 Å². The monoisotopic (exact) mass is 1110 g/mol. The molecule has 0 radical (unpaired) electrons. The number of fused-ring (bicyclic) bond motifs is 2. The van der Waals surface area contributed by atoms with Gasteiger partial charge in [-0.25, -0.2) is 9.97 Å². The molecule has 11 rings (SSSR count). The van der Waals surface area contributed by atoms with Crippen LogP contribution in [0.2, 0.25) is 0 Å². The van der Waals surface area contributed by atoms with Crippen molar-refractivity contribution in [3.63, 3.8) is 0 Å². The molecular weight excluding hydrogens is 1020 g/mol. The summed E-state index contributed by atoms with van der Waals surface area (Å²) >= 11 is 1.66. The van der Waals surface area contributed by atoms with Gasteiger partial charge in [0.2, 0.25) is 0 Å². The molecule has 0 aliphatic carbocycles. The Hall–Kier alpha value is -6.89. The van der Waals surface area contributed by atoms with Crippen LogP contribution >= 0.6 is 11.3 Å². The molecule has 0 saturated carbocycles. The summed E-state index contributed by atoms with van der Waals surface area (Å²) < 4.78 is 6.13. The van der Waals surface area contributed by atoms with Crippen LogP contribution in [0.5, 0.6) is 0 Å². The Morgan fingerprint density at radius 1 is 0.525 bits per heavy atom. The van der Waals surface area contributed by atoms with Gasteiger partial charge in [-0.3, -0.25) is 29.2 Å². The summed E-state index contributed by atoms with van der Waals surface area (Å²) in [7, 11) is 0. The van der Waals surface area contributed by atoms with Gasteiger partial charge < -0.3 is 4.98 Å². The highest BCUT2D eigenvalue weighted by Gasteiger charge is 2.18. The van der Waals surface area contributed by atoms with Crippen LogP contribution in [0.15, 0.2) is 110 Å². The van der Waals surface area contributed by atoms with E-state index in [0.717, 1.165) is 18.8 Å². The number of nitrogens with one attached hydrogen (secondary N) is 3. The summed E-state index contributed by atoms with van der Waals surface area (Å²) in [5.41, 5.74) is 13.8. The standard InChI is InChI=1S/C10H16N2.C9H14N2.C8H11N.3C6H10N2.C6H9NS.2C5H9N3/c1-8(2)9-7-11-12-6-4-3-5-10(9)12;1-7(2)8-6-10-11-5-3-4-9(8)11;1-7(2)8-5-3-4-6-9-8;1-5(2)6-3-7-4-8-6;1-5(2)6-3-7-8-4-6;1-5(2)6-3-4-7-8-6;1-5(2)6-3-8-4-7-6;1-5(2)8-4-3-6-7-8;1-5(2)8-6-3-4-7-8/h7-8H,3-6H2,1-2H3;6-7H,3-5H2,1-2H3;3-7H,1-2H3;3*3-5H,1-2H3,(H,7,8);3*3-5H,1-2H3. The first-order valence-electron chi connectivity index (χ1n) is 28.8. The lowest BCUT2D eigenvalue weighted by Crippen LogP contribution is -2.12. The number of rotatable bonds is 9. The first-order chi connectivity index (χ1) is 38.2. The maximum absolute atomic E-state index is 4.39. The minimum absolute atomic E-state index is 0.380. The molecule has 2 aliphatic heterocycles. The summed E-state index contributed by atoms with van der Waals surface area (Å²) in [6, 6.07) is 8.80. The Labute approximate surface area is 482 Å². The molecule has 18 nitrogen and oxygen atoms in total. The van der Waals surface area contributed by atoms with Crippen molar-refractivity contribution < 1.29 is 0 Å². The molecule has 9 aromatic heterocycles. The van der Waals surface area contributed by atoms with Crippen LogP contribution in [0.3, 0.4) is 0 Å². The Morgan fingerprint density at radius 3 is 1.49 bits per heavy atom. The van der Waals surface area contributed by atoms with E-state index >= 15 is 0 Å². The van der Waals surface area contributed by atoms with Crippen LogP contribution in [0, 0.1) is 0 Å². The van der Waals surface area contributed by atoms with Crippen LogP contribution in [-0.2, 0) is 25.9 Å². The molecule has 2 aliphatic rings. The smallest absolute Gasteiger partial charge is 0.0921 e. The molecule has 0 saturated heterocycles. The van der Waals surface area contributed by atoms with Crippen molar-refractivity contribution in [1.29, 1.82) is 0 Å². The highest BCUT2D eigenvalue weighted by molar-refractivity contribution is 7.07. The van der Waals surface area contributed by atoms with Crippen LogP contribution in [0.4, 0.5) is 0 Å². The minimum atomic E-state index is 0.380. The van der Waals surface area contributed by atoms with E-state index in [2.05, 4.69) is 197 Å². The molecular formula is C61H98N18S. The van der Waals surface area contributed by atoms with Gasteiger partial charge in [-0.15, -0.1) is 16.4 Å². The van der Waals surface area contributed by atoms with Crippen molar-refractivity contribution in [2.24, 2.45) is 0 Å². The lowest BCUT2D eigenvalue weighted by Gasteiger charge is -2.15. The van der Waals surface area contributed by atoms with Crippen molar-refractivity contribution in [1.82, 2.24) is 89.9 Å². The number of aromatic nitrogens is 18. The van der Waals surface area contributed by atoms with Gasteiger partial charge in [-0.2, -0.15) is 35.4 Å². The lowest BCUT2D eigenvalue weighted by atomic mass is 9.99. The highest BCUT2D eigenvalue weighted by Crippen LogP contribution is 2.25. The maximum atomic E-state index is 4.39. The molecule has 0 bridgehead atoms. The zero-order valence-electron chi connectivity index (χ0n) is 51.7. The van der Waals surface area contributed by atoms with Gasteiger partial charge in [0.1, 0.15) is 0 Å². The number of pyridine rings is 1. The van der Waals surface area contributed by atoms with E-state index in [1.807, 2.05) is 87.0 Å². The predicted molar refractivity (Wildman–Crippen MR) is 327 cm³/mol. The number of hydrogen-bond acceptors (Lipinski definition) is 12. The van der Waals surface area contributed by atoms with Crippen LogP contribution < -0.4 is 0 Å². The van der Waals surface area contributed by atoms with Crippen LogP contribution in [-0.4, -0.2) is 89.9 Å². The molecule has 9 aromatic rings. The molecule has 11 heterocycles. The minimum Gasteiger partial charge on any atom is -0.348 e. The van der Waals surface area contributed by atoms with Gasteiger partial charge in [0, 0.05) is 84.0 Å². The predicted octanol–water partition coefficient (Wildman–Crippen LogP) is 15.1. The Morgan fingerprint density at radius 2 is 1.15 bits per heavy atom.